The largest absolute Gasteiger partial charge is 0.502 e. The molecule has 1 N–H and O–H groups in total. The van der Waals surface area contributed by atoms with Gasteiger partial charge in [-0.2, -0.15) is 0 Å². The number of hydrogen-bond donors (Lipinski definition) is 1. The Kier molecular flexibility index (Phi) is 6.34. The third-order valence-corrected chi connectivity index (χ3v) is 7.68. The monoisotopic (exact) mass is 479 g/mol. The molecule has 1 unspecified atom stereocenters. The fraction of sp³-hybridized carbons (Fsp3) is 0.192. The number of sulfone groups is 1. The highest BCUT2D eigenvalue weighted by atomic mass is 32.2. The molecule has 7 nitrogen and oxygen atoms in total. The summed E-state index contributed by atoms with van der Waals surface area (Å²) in [6, 6.07) is 19.2. The Balaban J connectivity index is 1.84. The molecule has 0 bridgehead atoms. The lowest BCUT2D eigenvalue weighted by atomic mass is 10.1. The Morgan fingerprint density at radius 2 is 1.56 bits per heavy atom. The van der Waals surface area contributed by atoms with Crippen LogP contribution in [0.5, 0.6) is 11.5 Å². The molecule has 1 atom stereocenters. The second kappa shape index (κ2) is 9.23. The highest BCUT2D eigenvalue weighted by molar-refractivity contribution is 7.95. The van der Waals surface area contributed by atoms with Crippen molar-refractivity contribution in [2.45, 2.75) is 24.4 Å². The lowest BCUT2D eigenvalue weighted by Gasteiger charge is -2.27. The van der Waals surface area contributed by atoms with Crippen molar-refractivity contribution >= 4 is 15.7 Å². The molecule has 4 rings (SSSR count). The van der Waals surface area contributed by atoms with Crippen molar-refractivity contribution in [1.82, 2.24) is 4.90 Å². The number of methoxy groups -OCH3 is 2. The number of carbonyl (C=O) groups is 1. The van der Waals surface area contributed by atoms with E-state index in [4.69, 9.17) is 9.47 Å². The third kappa shape index (κ3) is 4.24. The summed E-state index contributed by atoms with van der Waals surface area (Å²) in [5.74, 6) is -0.336. The van der Waals surface area contributed by atoms with Crippen LogP contribution in [-0.4, -0.2) is 38.6 Å². The van der Waals surface area contributed by atoms with Crippen molar-refractivity contribution in [1.29, 1.82) is 0 Å². The number of carbonyl (C=O) groups excluding carboxylic acids is 1. The van der Waals surface area contributed by atoms with Gasteiger partial charge in [0.2, 0.25) is 9.84 Å². The summed E-state index contributed by atoms with van der Waals surface area (Å²) in [5.41, 5.74) is 2.16. The van der Waals surface area contributed by atoms with Crippen molar-refractivity contribution in [3.05, 3.63) is 100 Å². The smallest absolute Gasteiger partial charge is 0.290 e. The molecule has 1 amide bonds. The van der Waals surface area contributed by atoms with Gasteiger partial charge in [-0.3, -0.25) is 4.79 Å². The van der Waals surface area contributed by atoms with Gasteiger partial charge in [0, 0.05) is 6.54 Å². The second-order valence-electron chi connectivity index (χ2n) is 7.99. The van der Waals surface area contributed by atoms with Crippen LogP contribution in [0, 0.1) is 6.92 Å². The van der Waals surface area contributed by atoms with Crippen molar-refractivity contribution in [2.24, 2.45) is 0 Å². The lowest BCUT2D eigenvalue weighted by molar-refractivity contribution is -0.130. The number of amides is 1. The van der Waals surface area contributed by atoms with E-state index in [0.29, 0.717) is 17.1 Å². The van der Waals surface area contributed by atoms with Gasteiger partial charge in [-0.15, -0.1) is 0 Å². The van der Waals surface area contributed by atoms with Gasteiger partial charge in [0.15, 0.2) is 5.76 Å². The molecule has 34 heavy (non-hydrogen) atoms. The predicted octanol–water partition coefficient (Wildman–Crippen LogP) is 4.34. The molecule has 0 saturated heterocycles. The molecular formula is C26H25NO6S. The van der Waals surface area contributed by atoms with Crippen LogP contribution in [0.15, 0.2) is 88.4 Å². The fourth-order valence-electron chi connectivity index (χ4n) is 4.00. The number of aryl methyl sites for hydroxylation is 1. The van der Waals surface area contributed by atoms with E-state index in [9.17, 15) is 18.3 Å². The zero-order valence-electron chi connectivity index (χ0n) is 19.1. The van der Waals surface area contributed by atoms with Crippen LogP contribution in [0.25, 0.3) is 0 Å². The van der Waals surface area contributed by atoms with Crippen molar-refractivity contribution in [3.63, 3.8) is 0 Å². The maximum absolute atomic E-state index is 13.7. The molecular weight excluding hydrogens is 454 g/mol. The number of nitrogens with zero attached hydrogens (tertiary/aromatic N) is 1. The van der Waals surface area contributed by atoms with Crippen LogP contribution >= 0.6 is 0 Å². The first-order valence-electron chi connectivity index (χ1n) is 10.6. The van der Waals surface area contributed by atoms with Gasteiger partial charge in [-0.05, 0) is 54.4 Å². The van der Waals surface area contributed by atoms with Gasteiger partial charge in [0.1, 0.15) is 16.4 Å². The standard InChI is InChI=1S/C26H25NO6S/c1-17-7-13-22(14-8-17)34(30,31)25-23(19-9-11-20(32-2)12-10-19)27(26(29)24(25)28)16-18-5-4-6-21(15-18)33-3/h4-15,23,28H,16H2,1-3H3. The lowest BCUT2D eigenvalue weighted by Crippen LogP contribution is -2.30. The van der Waals surface area contributed by atoms with E-state index in [1.54, 1.807) is 61.7 Å². The summed E-state index contributed by atoms with van der Waals surface area (Å²) in [6.07, 6.45) is 0. The number of hydrogen-bond acceptors (Lipinski definition) is 6. The van der Waals surface area contributed by atoms with Gasteiger partial charge >= 0.3 is 0 Å². The van der Waals surface area contributed by atoms with E-state index >= 15 is 0 Å². The normalized spacial score (nSPS) is 16.1. The molecule has 1 heterocycles. The van der Waals surface area contributed by atoms with Crippen molar-refractivity contribution in [3.8, 4) is 11.5 Å². The van der Waals surface area contributed by atoms with Gasteiger partial charge in [-0.25, -0.2) is 8.42 Å². The number of aliphatic hydroxyl groups is 1. The molecule has 0 aliphatic carbocycles. The third-order valence-electron chi connectivity index (χ3n) is 5.80. The predicted molar refractivity (Wildman–Crippen MR) is 127 cm³/mol. The summed E-state index contributed by atoms with van der Waals surface area (Å²) in [7, 11) is -1.11. The molecule has 0 fully saturated rings. The highest BCUT2D eigenvalue weighted by Gasteiger charge is 2.46. The maximum atomic E-state index is 13.7. The fourth-order valence-corrected chi connectivity index (χ4v) is 5.64. The van der Waals surface area contributed by atoms with Crippen LogP contribution in [0.2, 0.25) is 0 Å². The molecule has 1 aliphatic rings. The zero-order chi connectivity index (χ0) is 24.5. The van der Waals surface area contributed by atoms with E-state index in [0.717, 1.165) is 11.1 Å². The second-order valence-corrected chi connectivity index (χ2v) is 9.91. The average Bonchev–Trinajstić information content (AvgIpc) is 3.10. The topological polar surface area (TPSA) is 93.1 Å². The van der Waals surface area contributed by atoms with E-state index < -0.39 is 27.5 Å². The molecule has 8 heteroatoms. The van der Waals surface area contributed by atoms with E-state index in [1.165, 1.54) is 24.1 Å². The minimum atomic E-state index is -4.18. The first-order valence-corrected chi connectivity index (χ1v) is 12.1. The first-order chi connectivity index (χ1) is 16.3. The molecule has 0 aromatic heterocycles. The quantitative estimate of drug-likeness (QED) is 0.542. The van der Waals surface area contributed by atoms with Crippen LogP contribution in [-0.2, 0) is 21.2 Å². The summed E-state index contributed by atoms with van der Waals surface area (Å²) in [6.45, 7) is 1.92. The minimum absolute atomic E-state index is 0.00851. The Labute approximate surface area is 198 Å². The Bertz CT molecular complexity index is 1340. The Morgan fingerprint density at radius 1 is 0.912 bits per heavy atom. The van der Waals surface area contributed by atoms with Crippen molar-refractivity contribution < 1.29 is 27.8 Å². The van der Waals surface area contributed by atoms with Gasteiger partial charge in [0.05, 0.1) is 25.2 Å². The van der Waals surface area contributed by atoms with E-state index in [-0.39, 0.29) is 16.3 Å². The molecule has 176 valence electrons. The molecule has 0 spiro atoms. The zero-order valence-corrected chi connectivity index (χ0v) is 19.9. The summed E-state index contributed by atoms with van der Waals surface area (Å²) < 4.78 is 37.8. The minimum Gasteiger partial charge on any atom is -0.502 e. The van der Waals surface area contributed by atoms with Gasteiger partial charge in [-0.1, -0.05) is 42.0 Å². The van der Waals surface area contributed by atoms with Crippen LogP contribution < -0.4 is 9.47 Å². The summed E-state index contributed by atoms with van der Waals surface area (Å²) in [5, 5.41) is 10.9. The number of rotatable bonds is 7. The van der Waals surface area contributed by atoms with E-state index in [1.807, 2.05) is 13.0 Å². The number of aliphatic hydroxyl groups excluding tert-OH is 1. The molecule has 1 aliphatic heterocycles. The molecule has 3 aromatic carbocycles. The van der Waals surface area contributed by atoms with Crippen LogP contribution in [0.3, 0.4) is 0 Å². The maximum Gasteiger partial charge on any atom is 0.290 e. The number of benzene rings is 3. The average molecular weight is 480 g/mol. The summed E-state index contributed by atoms with van der Waals surface area (Å²) in [4.78, 5) is 14.2. The van der Waals surface area contributed by atoms with Gasteiger partial charge in [0.25, 0.3) is 5.91 Å². The molecule has 3 aromatic rings. The SMILES string of the molecule is COc1ccc(C2C(S(=O)(=O)c3ccc(C)cc3)=C(O)C(=O)N2Cc2cccc(OC)c2)cc1. The van der Waals surface area contributed by atoms with Gasteiger partial charge < -0.3 is 19.5 Å². The highest BCUT2D eigenvalue weighted by Crippen LogP contribution is 2.43. The Hall–Kier alpha value is -3.78. The van der Waals surface area contributed by atoms with Crippen LogP contribution in [0.1, 0.15) is 22.7 Å². The van der Waals surface area contributed by atoms with Crippen LogP contribution in [0.4, 0.5) is 0 Å². The molecule has 0 radical (unpaired) electrons. The molecule has 0 saturated carbocycles. The first kappa shape index (κ1) is 23.4. The number of ether oxygens (including phenoxy) is 2. The van der Waals surface area contributed by atoms with Crippen molar-refractivity contribution in [2.75, 3.05) is 14.2 Å². The van der Waals surface area contributed by atoms with E-state index in [2.05, 4.69) is 0 Å². The Morgan fingerprint density at radius 3 is 2.18 bits per heavy atom. The summed E-state index contributed by atoms with van der Waals surface area (Å²) >= 11 is 0.